The molecule has 0 aliphatic rings. The summed E-state index contributed by atoms with van der Waals surface area (Å²) in [6.45, 7) is 2.02. The number of hydrogen-bond donors (Lipinski definition) is 1. The summed E-state index contributed by atoms with van der Waals surface area (Å²) in [6, 6.07) is 0. The molecule has 0 spiro atoms. The molecule has 0 aromatic carbocycles. The summed E-state index contributed by atoms with van der Waals surface area (Å²) in [5, 5.41) is 0. The van der Waals surface area contributed by atoms with Gasteiger partial charge in [-0.25, -0.2) is 0 Å². The van der Waals surface area contributed by atoms with Gasteiger partial charge in [-0.2, -0.15) is 0 Å². The molecule has 0 aliphatic carbocycles. The van der Waals surface area contributed by atoms with E-state index in [1.54, 1.807) is 0 Å². The Bertz CT molecular complexity index is 80.9. The Morgan fingerprint density at radius 1 is 1.60 bits per heavy atom. The van der Waals surface area contributed by atoms with Crippen LogP contribution in [0.1, 0.15) is 6.92 Å². The van der Waals surface area contributed by atoms with Crippen LogP contribution in [-0.2, 0) is 9.09 Å². The molecule has 0 saturated heterocycles. The van der Waals surface area contributed by atoms with Crippen LogP contribution < -0.4 is 0 Å². The standard InChI is InChI=1S/C2H4ClO3P.C2H5Cl/c3-1-2-6-7(4)5;1-2-3/h1-2H2;2H2,1H3/p+1. The fourth-order valence-corrected chi connectivity index (χ4v) is 0.545. The van der Waals surface area contributed by atoms with Crippen LogP contribution in [0.25, 0.3) is 0 Å². The third-order valence-corrected chi connectivity index (χ3v) is 0.837. The Morgan fingerprint density at radius 2 is 2.00 bits per heavy atom. The highest BCUT2D eigenvalue weighted by Crippen LogP contribution is 2.12. The number of halogens is 2. The molecule has 0 heterocycles. The summed E-state index contributed by atoms with van der Waals surface area (Å²) in [7, 11) is -2.44. The SMILES string of the molecule is CCCl.O=[P+](O)OCCCl. The van der Waals surface area contributed by atoms with Gasteiger partial charge in [0.25, 0.3) is 0 Å². The highest BCUT2D eigenvalue weighted by Gasteiger charge is 2.08. The van der Waals surface area contributed by atoms with Gasteiger partial charge in [0.05, 0.1) is 5.88 Å². The van der Waals surface area contributed by atoms with Gasteiger partial charge in [-0.3, -0.25) is 0 Å². The first-order valence-electron chi connectivity index (χ1n) is 2.60. The lowest BCUT2D eigenvalue weighted by Crippen LogP contribution is -1.84. The molecule has 10 heavy (non-hydrogen) atoms. The molecule has 62 valence electrons. The predicted molar refractivity (Wildman–Crippen MR) is 42.9 cm³/mol. The Morgan fingerprint density at radius 3 is 2.10 bits per heavy atom. The monoisotopic (exact) mass is 207 g/mol. The maximum atomic E-state index is 9.63. The average Bonchev–Trinajstić information content (AvgIpc) is 1.85. The summed E-state index contributed by atoms with van der Waals surface area (Å²) >= 11 is 10.1. The molecule has 0 bridgehead atoms. The van der Waals surface area contributed by atoms with Gasteiger partial charge in [-0.1, -0.05) is 6.92 Å². The van der Waals surface area contributed by atoms with Gasteiger partial charge >= 0.3 is 8.25 Å². The largest absolute Gasteiger partial charge is 0.694 e. The van der Waals surface area contributed by atoms with E-state index in [2.05, 4.69) is 4.52 Å². The van der Waals surface area contributed by atoms with Gasteiger partial charge in [0, 0.05) is 10.4 Å². The lowest BCUT2D eigenvalue weighted by molar-refractivity contribution is 0.299. The van der Waals surface area contributed by atoms with Crippen LogP contribution in [-0.4, -0.2) is 23.3 Å². The summed E-state index contributed by atoms with van der Waals surface area (Å²) in [4.78, 5) is 7.91. The number of alkyl halides is 2. The molecule has 0 saturated carbocycles. The molecular weight excluding hydrogens is 198 g/mol. The second-order valence-corrected chi connectivity index (χ2v) is 2.67. The minimum absolute atomic E-state index is 0.132. The Kier molecular flexibility index (Phi) is 16.2. The van der Waals surface area contributed by atoms with Crippen LogP contribution in [0.15, 0.2) is 0 Å². The molecule has 0 aromatic rings. The summed E-state index contributed by atoms with van der Waals surface area (Å²) < 4.78 is 13.7. The van der Waals surface area contributed by atoms with Crippen molar-refractivity contribution < 1.29 is 14.0 Å². The van der Waals surface area contributed by atoms with Crippen molar-refractivity contribution in [3.05, 3.63) is 0 Å². The minimum atomic E-state index is -2.44. The van der Waals surface area contributed by atoms with Gasteiger partial charge in [0.15, 0.2) is 0 Å². The average molecular weight is 208 g/mol. The first-order chi connectivity index (χ1) is 4.68. The predicted octanol–water partition coefficient (Wildman–Crippen LogP) is 2.14. The van der Waals surface area contributed by atoms with Gasteiger partial charge in [0.2, 0.25) is 0 Å². The van der Waals surface area contributed by atoms with E-state index in [1.165, 1.54) is 0 Å². The van der Waals surface area contributed by atoms with Crippen LogP contribution in [0.3, 0.4) is 0 Å². The van der Waals surface area contributed by atoms with E-state index in [-0.39, 0.29) is 12.5 Å². The van der Waals surface area contributed by atoms with Crippen LogP contribution in [0.4, 0.5) is 0 Å². The smallest absolute Gasteiger partial charge is 0.133 e. The molecule has 0 aromatic heterocycles. The van der Waals surface area contributed by atoms with Crippen molar-refractivity contribution in [2.45, 2.75) is 6.92 Å². The lowest BCUT2D eigenvalue weighted by atomic mass is 10.9. The minimum Gasteiger partial charge on any atom is -0.133 e. The third kappa shape index (κ3) is 23.5. The van der Waals surface area contributed by atoms with Gasteiger partial charge in [-0.15, -0.1) is 32.6 Å². The van der Waals surface area contributed by atoms with Gasteiger partial charge in [-0.05, 0) is 0 Å². The van der Waals surface area contributed by atoms with E-state index in [4.69, 9.17) is 28.1 Å². The highest BCUT2D eigenvalue weighted by atomic mass is 35.5. The fourth-order valence-electron chi connectivity index (χ4n) is 0.113. The van der Waals surface area contributed by atoms with Crippen molar-refractivity contribution in [1.82, 2.24) is 0 Å². The van der Waals surface area contributed by atoms with Crippen LogP contribution in [0.5, 0.6) is 0 Å². The Labute approximate surface area is 71.2 Å². The maximum absolute atomic E-state index is 9.63. The zero-order valence-electron chi connectivity index (χ0n) is 5.59. The van der Waals surface area contributed by atoms with Gasteiger partial charge in [0.1, 0.15) is 6.61 Å². The molecular formula is C4H10Cl2O3P+. The van der Waals surface area contributed by atoms with Crippen LogP contribution >= 0.6 is 31.5 Å². The van der Waals surface area contributed by atoms with Crippen molar-refractivity contribution in [3.63, 3.8) is 0 Å². The molecule has 0 rings (SSSR count). The first-order valence-corrected chi connectivity index (χ1v) is 4.79. The van der Waals surface area contributed by atoms with Crippen molar-refractivity contribution >= 4 is 31.5 Å². The van der Waals surface area contributed by atoms with E-state index in [9.17, 15) is 4.57 Å². The maximum Gasteiger partial charge on any atom is 0.694 e. The molecule has 1 unspecified atom stereocenters. The van der Waals surface area contributed by atoms with Crippen LogP contribution in [0, 0.1) is 0 Å². The van der Waals surface area contributed by atoms with Crippen LogP contribution in [0.2, 0.25) is 0 Å². The normalized spacial score (nSPS) is 9.80. The highest BCUT2D eigenvalue weighted by molar-refractivity contribution is 7.32. The second-order valence-electron chi connectivity index (χ2n) is 1.03. The fraction of sp³-hybridized carbons (Fsp3) is 1.00. The molecule has 3 nitrogen and oxygen atoms in total. The van der Waals surface area contributed by atoms with E-state index >= 15 is 0 Å². The Hall–Kier alpha value is 0.600. The molecule has 1 N–H and O–H groups in total. The van der Waals surface area contributed by atoms with Crippen molar-refractivity contribution in [2.75, 3.05) is 18.4 Å². The van der Waals surface area contributed by atoms with E-state index in [0.29, 0.717) is 0 Å². The zero-order valence-corrected chi connectivity index (χ0v) is 7.99. The topological polar surface area (TPSA) is 46.5 Å². The second kappa shape index (κ2) is 12.3. The molecule has 0 fully saturated rings. The molecule has 0 amide bonds. The Balaban J connectivity index is 0. The van der Waals surface area contributed by atoms with Gasteiger partial charge < -0.3 is 0 Å². The number of rotatable bonds is 3. The van der Waals surface area contributed by atoms with E-state index in [1.807, 2.05) is 6.92 Å². The first kappa shape index (κ1) is 13.2. The van der Waals surface area contributed by atoms with Crippen molar-refractivity contribution in [2.24, 2.45) is 0 Å². The lowest BCUT2D eigenvalue weighted by Gasteiger charge is -1.75. The zero-order chi connectivity index (χ0) is 8.41. The quantitative estimate of drug-likeness (QED) is 0.570. The third-order valence-electron chi connectivity index (χ3n) is 0.279. The molecule has 6 heteroatoms. The van der Waals surface area contributed by atoms with Crippen molar-refractivity contribution in [3.8, 4) is 0 Å². The molecule has 0 radical (unpaired) electrons. The van der Waals surface area contributed by atoms with E-state index in [0.717, 1.165) is 5.88 Å². The summed E-state index contributed by atoms with van der Waals surface area (Å²) in [6.07, 6.45) is 0. The molecule has 1 atom stereocenters. The molecule has 0 aliphatic heterocycles. The number of hydrogen-bond acceptors (Lipinski definition) is 2. The van der Waals surface area contributed by atoms with Crippen molar-refractivity contribution in [1.29, 1.82) is 0 Å². The summed E-state index contributed by atoms with van der Waals surface area (Å²) in [5.74, 6) is 0.974. The van der Waals surface area contributed by atoms with E-state index < -0.39 is 8.25 Å². The summed E-state index contributed by atoms with van der Waals surface area (Å²) in [5.41, 5.74) is 0.